The molecule has 20 heavy (non-hydrogen) atoms. The Bertz CT molecular complexity index is 655. The van der Waals surface area contributed by atoms with Gasteiger partial charge in [0.1, 0.15) is 0 Å². The Kier molecular flexibility index (Phi) is 4.04. The van der Waals surface area contributed by atoms with Crippen LogP contribution in [-0.2, 0) is 11.0 Å². The minimum atomic E-state index is -4.20. The molecule has 0 saturated heterocycles. The summed E-state index contributed by atoms with van der Waals surface area (Å²) in [5.41, 5.74) is 2.05. The van der Waals surface area contributed by atoms with E-state index in [0.29, 0.717) is 6.42 Å². The van der Waals surface area contributed by atoms with Crippen LogP contribution in [0.15, 0.2) is 48.5 Å². The van der Waals surface area contributed by atoms with Crippen LogP contribution in [0.2, 0.25) is 0 Å². The van der Waals surface area contributed by atoms with Crippen molar-refractivity contribution in [1.29, 1.82) is 0 Å². The Morgan fingerprint density at radius 1 is 0.900 bits per heavy atom. The van der Waals surface area contributed by atoms with E-state index in [0.717, 1.165) is 11.1 Å². The van der Waals surface area contributed by atoms with Crippen LogP contribution in [0.1, 0.15) is 21.5 Å². The lowest BCUT2D eigenvalue weighted by Crippen LogP contribution is -2.03. The molecule has 0 bridgehead atoms. The molecule has 5 nitrogen and oxygen atoms in total. The van der Waals surface area contributed by atoms with Gasteiger partial charge in [0.15, 0.2) is 0 Å². The van der Waals surface area contributed by atoms with E-state index in [9.17, 15) is 9.36 Å². The fraction of sp³-hybridized carbons (Fsp3) is 0.0714. The number of rotatable bonds is 4. The number of carboxylic acids is 1. The fourth-order valence-electron chi connectivity index (χ4n) is 1.81. The van der Waals surface area contributed by atoms with Crippen LogP contribution in [0.25, 0.3) is 0 Å². The zero-order chi connectivity index (χ0) is 14.8. The molecule has 2 aromatic carbocycles. The van der Waals surface area contributed by atoms with Gasteiger partial charge in [-0.2, -0.15) is 0 Å². The smallest absolute Gasteiger partial charge is 0.356 e. The van der Waals surface area contributed by atoms with Crippen molar-refractivity contribution >= 4 is 18.9 Å². The molecule has 2 rings (SSSR count). The van der Waals surface area contributed by atoms with Gasteiger partial charge < -0.3 is 14.9 Å². The Balaban J connectivity index is 2.14. The van der Waals surface area contributed by atoms with Crippen molar-refractivity contribution in [1.82, 2.24) is 0 Å². The van der Waals surface area contributed by atoms with Gasteiger partial charge in [0.25, 0.3) is 0 Å². The summed E-state index contributed by atoms with van der Waals surface area (Å²) in [5.74, 6) is -0.970. The first-order chi connectivity index (χ1) is 9.36. The van der Waals surface area contributed by atoms with Crippen LogP contribution in [0, 0.1) is 0 Å². The lowest BCUT2D eigenvalue weighted by Gasteiger charge is -2.06. The van der Waals surface area contributed by atoms with E-state index < -0.39 is 13.6 Å². The molecular formula is C14H13O5P. The van der Waals surface area contributed by atoms with Crippen LogP contribution < -0.4 is 5.30 Å². The Labute approximate surface area is 115 Å². The summed E-state index contributed by atoms with van der Waals surface area (Å²) < 4.78 is 11.0. The molecule has 0 heterocycles. The Morgan fingerprint density at radius 3 is 1.75 bits per heavy atom. The van der Waals surface area contributed by atoms with Crippen molar-refractivity contribution in [3.63, 3.8) is 0 Å². The molecule has 0 aliphatic carbocycles. The molecule has 0 radical (unpaired) electrons. The Morgan fingerprint density at radius 2 is 1.35 bits per heavy atom. The van der Waals surface area contributed by atoms with E-state index in [1.54, 1.807) is 24.3 Å². The third kappa shape index (κ3) is 3.54. The average Bonchev–Trinajstić information content (AvgIpc) is 2.39. The predicted molar refractivity (Wildman–Crippen MR) is 74.3 cm³/mol. The monoisotopic (exact) mass is 292 g/mol. The molecule has 0 spiro atoms. The number of hydrogen-bond donors (Lipinski definition) is 3. The minimum Gasteiger partial charge on any atom is -0.478 e. The average molecular weight is 292 g/mol. The number of benzene rings is 2. The molecule has 0 amide bonds. The van der Waals surface area contributed by atoms with Gasteiger partial charge in [-0.25, -0.2) is 4.79 Å². The van der Waals surface area contributed by atoms with Gasteiger partial charge >= 0.3 is 13.6 Å². The molecule has 2 aromatic rings. The van der Waals surface area contributed by atoms with Crippen molar-refractivity contribution in [2.75, 3.05) is 0 Å². The van der Waals surface area contributed by atoms with Gasteiger partial charge in [-0.05, 0) is 41.8 Å². The topological polar surface area (TPSA) is 94.8 Å². The molecular weight excluding hydrogens is 279 g/mol. The second-order valence-electron chi connectivity index (χ2n) is 4.39. The third-order valence-corrected chi connectivity index (χ3v) is 3.85. The summed E-state index contributed by atoms with van der Waals surface area (Å²) in [4.78, 5) is 28.7. The van der Waals surface area contributed by atoms with Crippen molar-refractivity contribution in [2.45, 2.75) is 6.42 Å². The second kappa shape index (κ2) is 5.59. The molecule has 3 N–H and O–H groups in total. The van der Waals surface area contributed by atoms with E-state index in [1.165, 1.54) is 24.3 Å². The lowest BCUT2D eigenvalue weighted by atomic mass is 10.0. The van der Waals surface area contributed by atoms with E-state index in [2.05, 4.69) is 0 Å². The van der Waals surface area contributed by atoms with Crippen molar-refractivity contribution in [3.8, 4) is 0 Å². The standard InChI is InChI=1S/C14H13O5P/c15-14(16)12-5-1-10(2-6-12)9-11-3-7-13(8-4-11)20(17,18)19/h1-8H,9H2,(H,15,16)(H2,17,18,19). The highest BCUT2D eigenvalue weighted by Gasteiger charge is 2.15. The molecule has 0 unspecified atom stereocenters. The van der Waals surface area contributed by atoms with Crippen LogP contribution in [0.3, 0.4) is 0 Å². The molecule has 0 aliphatic heterocycles. The van der Waals surface area contributed by atoms with Gasteiger partial charge in [0, 0.05) is 0 Å². The summed E-state index contributed by atoms with van der Waals surface area (Å²) in [6.45, 7) is 0. The maximum absolute atomic E-state index is 11.0. The first-order valence-corrected chi connectivity index (χ1v) is 7.45. The van der Waals surface area contributed by atoms with Gasteiger partial charge in [0.05, 0.1) is 10.9 Å². The summed E-state index contributed by atoms with van der Waals surface area (Å²) in [6, 6.07) is 12.6. The number of hydrogen-bond acceptors (Lipinski definition) is 2. The first-order valence-electron chi connectivity index (χ1n) is 5.83. The highest BCUT2D eigenvalue weighted by Crippen LogP contribution is 2.32. The quantitative estimate of drug-likeness (QED) is 0.747. The van der Waals surface area contributed by atoms with Crippen molar-refractivity contribution < 1.29 is 24.3 Å². The number of aromatic carboxylic acids is 1. The maximum Gasteiger partial charge on any atom is 0.356 e. The molecule has 0 fully saturated rings. The largest absolute Gasteiger partial charge is 0.478 e. The normalized spacial score (nSPS) is 11.3. The van der Waals surface area contributed by atoms with Gasteiger partial charge in [-0.1, -0.05) is 24.3 Å². The molecule has 104 valence electrons. The van der Waals surface area contributed by atoms with Crippen LogP contribution >= 0.6 is 7.60 Å². The molecule has 0 saturated carbocycles. The van der Waals surface area contributed by atoms with Gasteiger partial charge in [-0.15, -0.1) is 0 Å². The Hall–Kier alpha value is -1.94. The first kappa shape index (κ1) is 14.5. The highest BCUT2D eigenvalue weighted by molar-refractivity contribution is 7.60. The van der Waals surface area contributed by atoms with Crippen LogP contribution in [0.4, 0.5) is 0 Å². The summed E-state index contributed by atoms with van der Waals surface area (Å²) >= 11 is 0. The predicted octanol–water partition coefficient (Wildman–Crippen LogP) is 1.78. The zero-order valence-corrected chi connectivity index (χ0v) is 11.3. The highest BCUT2D eigenvalue weighted by atomic mass is 31.2. The second-order valence-corrected chi connectivity index (χ2v) is 5.99. The number of carboxylic acid groups (broad SMARTS) is 1. The summed E-state index contributed by atoms with van der Waals surface area (Å²) in [7, 11) is -4.20. The molecule has 0 aliphatic rings. The van der Waals surface area contributed by atoms with E-state index in [-0.39, 0.29) is 10.9 Å². The zero-order valence-electron chi connectivity index (χ0n) is 10.4. The maximum atomic E-state index is 11.0. The van der Waals surface area contributed by atoms with Crippen LogP contribution in [-0.4, -0.2) is 20.9 Å². The fourth-order valence-corrected chi connectivity index (χ4v) is 2.35. The SMILES string of the molecule is O=C(O)c1ccc(Cc2ccc(P(=O)(O)O)cc2)cc1. The summed E-state index contributed by atoms with van der Waals surface area (Å²) in [6.07, 6.45) is 0.571. The molecule has 0 aromatic heterocycles. The van der Waals surface area contributed by atoms with E-state index >= 15 is 0 Å². The number of carbonyl (C=O) groups is 1. The van der Waals surface area contributed by atoms with Gasteiger partial charge in [-0.3, -0.25) is 4.57 Å². The third-order valence-electron chi connectivity index (χ3n) is 2.88. The summed E-state index contributed by atoms with van der Waals surface area (Å²) in [5, 5.41) is 8.79. The van der Waals surface area contributed by atoms with Crippen molar-refractivity contribution in [2.24, 2.45) is 0 Å². The minimum absolute atomic E-state index is 0.0116. The van der Waals surface area contributed by atoms with Gasteiger partial charge in [0.2, 0.25) is 0 Å². The lowest BCUT2D eigenvalue weighted by molar-refractivity contribution is 0.0697. The molecule has 6 heteroatoms. The van der Waals surface area contributed by atoms with E-state index in [4.69, 9.17) is 14.9 Å². The van der Waals surface area contributed by atoms with E-state index in [1.807, 2.05) is 0 Å². The van der Waals surface area contributed by atoms with Crippen molar-refractivity contribution in [3.05, 3.63) is 65.2 Å². The molecule has 0 atom stereocenters. The van der Waals surface area contributed by atoms with Crippen LogP contribution in [0.5, 0.6) is 0 Å².